The van der Waals surface area contributed by atoms with Gasteiger partial charge < -0.3 is 19.4 Å². The Morgan fingerprint density at radius 1 is 0.900 bits per heavy atom. The fourth-order valence-corrected chi connectivity index (χ4v) is 3.22. The molecule has 0 spiro atoms. The molecule has 14 nitrogen and oxygen atoms in total. The number of ether oxygens (including phenoxy) is 1. The number of azide groups is 2. The van der Waals surface area contributed by atoms with Crippen LogP contribution in [0.3, 0.4) is 0 Å². The fraction of sp³-hybridized carbons (Fsp3) is 0.750. The molecule has 0 aromatic carbocycles. The molecule has 0 bridgehead atoms. The number of piperidine rings is 1. The maximum absolute atomic E-state index is 11.6. The number of nitrogens with zero attached hydrogens (tertiary/aromatic N) is 12. The van der Waals surface area contributed by atoms with Gasteiger partial charge in [0.1, 0.15) is 5.78 Å². The lowest BCUT2D eigenvalue weighted by Crippen LogP contribution is -2.40. The van der Waals surface area contributed by atoms with E-state index in [1.807, 2.05) is 14.7 Å². The Bertz CT molecular complexity index is 798. The zero-order valence-corrected chi connectivity index (χ0v) is 16.7. The molecule has 2 aliphatic rings. The van der Waals surface area contributed by atoms with Crippen LogP contribution in [0.4, 0.5) is 17.8 Å². The highest BCUT2D eigenvalue weighted by atomic mass is 16.5. The van der Waals surface area contributed by atoms with Crippen molar-refractivity contribution in [2.45, 2.75) is 12.8 Å². The first-order valence-corrected chi connectivity index (χ1v) is 9.83. The number of carbonyl (C=O) groups is 1. The number of Topliss-reactive ketones (excluding diaryl/α,β-unsaturated/α-hetero) is 1. The minimum absolute atomic E-state index is 0.221. The molecule has 0 atom stereocenters. The summed E-state index contributed by atoms with van der Waals surface area (Å²) in [6.07, 6.45) is 0.927. The number of morpholine rings is 1. The van der Waals surface area contributed by atoms with Crippen molar-refractivity contribution in [2.24, 2.45) is 10.2 Å². The van der Waals surface area contributed by atoms with E-state index in [0.717, 1.165) is 0 Å². The van der Waals surface area contributed by atoms with Gasteiger partial charge in [0, 0.05) is 75.0 Å². The third-order valence-electron chi connectivity index (χ3n) is 4.85. The Hall–Kier alpha value is -3.34. The van der Waals surface area contributed by atoms with Crippen molar-refractivity contribution in [3.63, 3.8) is 0 Å². The van der Waals surface area contributed by atoms with Gasteiger partial charge in [0.25, 0.3) is 0 Å². The van der Waals surface area contributed by atoms with Gasteiger partial charge in [0.15, 0.2) is 0 Å². The van der Waals surface area contributed by atoms with Gasteiger partial charge in [-0.25, -0.2) is 0 Å². The number of carbonyl (C=O) groups excluding carboxylic acids is 1. The lowest BCUT2D eigenvalue weighted by Gasteiger charge is -2.31. The first-order valence-electron chi connectivity index (χ1n) is 9.83. The van der Waals surface area contributed by atoms with E-state index in [-0.39, 0.29) is 18.9 Å². The molecule has 2 saturated heterocycles. The number of aromatic nitrogens is 3. The van der Waals surface area contributed by atoms with Gasteiger partial charge in [-0.1, -0.05) is 10.2 Å². The SMILES string of the molecule is [N-]=[N+]=NCCN(CCN=[N+]=[N-])c1nc(N2CCOCC2)nc(N2CCC(=O)CC2)n1. The van der Waals surface area contributed by atoms with Crippen LogP contribution in [-0.4, -0.2) is 86.3 Å². The number of ketones is 1. The predicted octanol–water partition coefficient (Wildman–Crippen LogP) is 1.30. The average Bonchev–Trinajstić information content (AvgIpc) is 2.79. The van der Waals surface area contributed by atoms with Crippen LogP contribution in [0, 0.1) is 0 Å². The molecular weight excluding hydrogens is 392 g/mol. The van der Waals surface area contributed by atoms with Crippen molar-refractivity contribution < 1.29 is 9.53 Å². The molecule has 0 saturated carbocycles. The summed E-state index contributed by atoms with van der Waals surface area (Å²) in [5.74, 6) is 1.69. The van der Waals surface area contributed by atoms with Crippen LogP contribution in [-0.2, 0) is 9.53 Å². The molecule has 3 rings (SSSR count). The monoisotopic (exact) mass is 416 g/mol. The van der Waals surface area contributed by atoms with E-state index in [9.17, 15) is 4.79 Å². The number of anilines is 3. The Labute approximate surface area is 173 Å². The number of hydrogen-bond acceptors (Lipinski definition) is 10. The summed E-state index contributed by atoms with van der Waals surface area (Å²) >= 11 is 0. The van der Waals surface area contributed by atoms with Crippen molar-refractivity contribution in [1.29, 1.82) is 0 Å². The lowest BCUT2D eigenvalue weighted by atomic mass is 10.1. The third kappa shape index (κ3) is 5.83. The maximum atomic E-state index is 11.6. The largest absolute Gasteiger partial charge is 0.378 e. The van der Waals surface area contributed by atoms with Crippen LogP contribution in [0.2, 0.25) is 0 Å². The molecule has 3 heterocycles. The van der Waals surface area contributed by atoms with Crippen LogP contribution in [0.25, 0.3) is 20.9 Å². The number of rotatable bonds is 9. The molecule has 30 heavy (non-hydrogen) atoms. The van der Waals surface area contributed by atoms with E-state index in [1.54, 1.807) is 0 Å². The summed E-state index contributed by atoms with van der Waals surface area (Å²) in [7, 11) is 0. The standard InChI is InChI=1S/C16H24N12O2/c17-24-19-3-7-27(8-4-20-25-18)15-21-14(26-5-1-13(29)2-6-26)22-16(23-15)28-9-11-30-12-10-28/h1-12H2. The summed E-state index contributed by atoms with van der Waals surface area (Å²) in [5, 5.41) is 7.18. The molecule has 0 N–H and O–H groups in total. The van der Waals surface area contributed by atoms with E-state index in [2.05, 4.69) is 35.0 Å². The second-order valence-corrected chi connectivity index (χ2v) is 6.76. The molecular formula is C16H24N12O2. The summed E-state index contributed by atoms with van der Waals surface area (Å²) in [6, 6.07) is 0. The van der Waals surface area contributed by atoms with Gasteiger partial charge in [-0.3, -0.25) is 4.79 Å². The summed E-state index contributed by atoms with van der Waals surface area (Å²) in [4.78, 5) is 37.0. The first-order chi connectivity index (χ1) is 14.7. The molecule has 2 aliphatic heterocycles. The minimum Gasteiger partial charge on any atom is -0.378 e. The van der Waals surface area contributed by atoms with Crippen molar-refractivity contribution in [3.05, 3.63) is 20.9 Å². The van der Waals surface area contributed by atoms with Crippen molar-refractivity contribution in [3.8, 4) is 0 Å². The average molecular weight is 416 g/mol. The summed E-state index contributed by atoms with van der Waals surface area (Å²) in [6.45, 7) is 4.81. The van der Waals surface area contributed by atoms with Crippen molar-refractivity contribution in [2.75, 3.05) is 80.3 Å². The Kier molecular flexibility index (Phi) is 7.84. The van der Waals surface area contributed by atoms with Crippen LogP contribution in [0.15, 0.2) is 10.2 Å². The van der Waals surface area contributed by atoms with Crippen LogP contribution in [0.1, 0.15) is 12.8 Å². The second kappa shape index (κ2) is 11.0. The highest BCUT2D eigenvalue weighted by molar-refractivity contribution is 5.80. The molecule has 0 unspecified atom stereocenters. The zero-order chi connectivity index (χ0) is 21.2. The lowest BCUT2D eigenvalue weighted by molar-refractivity contribution is -0.119. The van der Waals surface area contributed by atoms with Gasteiger partial charge in [-0.05, 0) is 11.1 Å². The third-order valence-corrected chi connectivity index (χ3v) is 4.85. The topological polar surface area (TPSA) is 172 Å². The summed E-state index contributed by atoms with van der Waals surface area (Å²) in [5.41, 5.74) is 17.2. The van der Waals surface area contributed by atoms with Gasteiger partial charge in [0.05, 0.1) is 13.2 Å². The van der Waals surface area contributed by atoms with Gasteiger partial charge in [0.2, 0.25) is 17.8 Å². The Morgan fingerprint density at radius 3 is 1.97 bits per heavy atom. The smallest absolute Gasteiger partial charge is 0.232 e. The van der Waals surface area contributed by atoms with Gasteiger partial charge in [-0.2, -0.15) is 15.0 Å². The normalized spacial score (nSPS) is 16.6. The van der Waals surface area contributed by atoms with Crippen molar-refractivity contribution in [1.82, 2.24) is 15.0 Å². The molecule has 1 aromatic heterocycles. The van der Waals surface area contributed by atoms with Crippen molar-refractivity contribution >= 4 is 23.6 Å². The molecule has 0 aliphatic carbocycles. The minimum atomic E-state index is 0.221. The van der Waals surface area contributed by atoms with E-state index < -0.39 is 0 Å². The predicted molar refractivity (Wildman–Crippen MR) is 110 cm³/mol. The summed E-state index contributed by atoms with van der Waals surface area (Å²) < 4.78 is 5.42. The van der Waals surface area contributed by atoms with Gasteiger partial charge in [-0.15, -0.1) is 0 Å². The van der Waals surface area contributed by atoms with Crippen LogP contribution < -0.4 is 14.7 Å². The molecule has 160 valence electrons. The molecule has 1 aromatic rings. The van der Waals surface area contributed by atoms with E-state index in [0.29, 0.717) is 83.2 Å². The highest BCUT2D eigenvalue weighted by Gasteiger charge is 2.24. The van der Waals surface area contributed by atoms with Crippen LogP contribution >= 0.6 is 0 Å². The maximum Gasteiger partial charge on any atom is 0.232 e. The second-order valence-electron chi connectivity index (χ2n) is 6.76. The molecule has 0 amide bonds. The van der Waals surface area contributed by atoms with Gasteiger partial charge >= 0.3 is 0 Å². The fourth-order valence-electron chi connectivity index (χ4n) is 3.22. The number of hydrogen-bond donors (Lipinski definition) is 0. The Morgan fingerprint density at radius 2 is 1.43 bits per heavy atom. The van der Waals surface area contributed by atoms with E-state index in [1.165, 1.54) is 0 Å². The van der Waals surface area contributed by atoms with E-state index >= 15 is 0 Å². The highest BCUT2D eigenvalue weighted by Crippen LogP contribution is 2.22. The zero-order valence-electron chi connectivity index (χ0n) is 16.7. The van der Waals surface area contributed by atoms with E-state index in [4.69, 9.17) is 15.8 Å². The van der Waals surface area contributed by atoms with Crippen LogP contribution in [0.5, 0.6) is 0 Å². The molecule has 2 fully saturated rings. The quantitative estimate of drug-likeness (QED) is 0.329. The molecule has 14 heteroatoms. The first kappa shape index (κ1) is 21.4. The Balaban J connectivity index is 1.91. The molecule has 0 radical (unpaired) electrons.